The lowest BCUT2D eigenvalue weighted by Crippen LogP contribution is -2.62. The number of hydrogen-bond acceptors (Lipinski definition) is 3. The van der Waals surface area contributed by atoms with E-state index in [9.17, 15) is 13.5 Å². The molecule has 0 amide bonds. The zero-order chi connectivity index (χ0) is 9.57. The van der Waals surface area contributed by atoms with E-state index in [1.54, 1.807) is 20.8 Å². The van der Waals surface area contributed by atoms with Crippen molar-refractivity contribution in [3.05, 3.63) is 0 Å². The predicted octanol–water partition coefficient (Wildman–Crippen LogP) is -0.209. The summed E-state index contributed by atoms with van der Waals surface area (Å²) in [6, 6.07) is 0. The first-order chi connectivity index (χ1) is 5.26. The van der Waals surface area contributed by atoms with Gasteiger partial charge in [0.05, 0.1) is 10.9 Å². The van der Waals surface area contributed by atoms with E-state index in [2.05, 4.69) is 0 Å². The minimum atomic E-state index is -3.14. The molecule has 0 aliphatic carbocycles. The van der Waals surface area contributed by atoms with Gasteiger partial charge in [0.2, 0.25) is 10.0 Å². The summed E-state index contributed by atoms with van der Waals surface area (Å²) in [5, 5.41) is 8.93. The SMILES string of the molecule is CC(C)S(=O)(=O)N1CC(C)(O)C1. The van der Waals surface area contributed by atoms with Crippen LogP contribution in [0.4, 0.5) is 0 Å². The van der Waals surface area contributed by atoms with Gasteiger partial charge in [0, 0.05) is 13.1 Å². The lowest BCUT2D eigenvalue weighted by Gasteiger charge is -2.43. The van der Waals surface area contributed by atoms with Crippen LogP contribution in [-0.2, 0) is 10.0 Å². The molecule has 0 radical (unpaired) electrons. The molecular weight excluding hydrogens is 178 g/mol. The summed E-state index contributed by atoms with van der Waals surface area (Å²) in [6.07, 6.45) is 0. The molecule has 0 atom stereocenters. The molecule has 1 fully saturated rings. The van der Waals surface area contributed by atoms with Gasteiger partial charge in [-0.25, -0.2) is 8.42 Å². The largest absolute Gasteiger partial charge is 0.387 e. The highest BCUT2D eigenvalue weighted by molar-refractivity contribution is 7.89. The quantitative estimate of drug-likeness (QED) is 0.660. The topological polar surface area (TPSA) is 57.6 Å². The fourth-order valence-electron chi connectivity index (χ4n) is 1.19. The van der Waals surface area contributed by atoms with Crippen LogP contribution in [0.3, 0.4) is 0 Å². The minimum Gasteiger partial charge on any atom is -0.387 e. The zero-order valence-corrected chi connectivity index (χ0v) is 8.43. The Balaban J connectivity index is 2.65. The molecule has 1 aliphatic rings. The Bertz CT molecular complexity index is 260. The number of hydrogen-bond donors (Lipinski definition) is 1. The van der Waals surface area contributed by atoms with Crippen LogP contribution in [0.2, 0.25) is 0 Å². The molecule has 1 rings (SSSR count). The molecule has 12 heavy (non-hydrogen) atoms. The Morgan fingerprint density at radius 2 is 1.83 bits per heavy atom. The monoisotopic (exact) mass is 193 g/mol. The molecule has 1 heterocycles. The molecule has 0 spiro atoms. The second-order valence-corrected chi connectivity index (χ2v) is 6.35. The fraction of sp³-hybridized carbons (Fsp3) is 1.00. The third-order valence-corrected chi connectivity index (χ3v) is 4.16. The van der Waals surface area contributed by atoms with Crippen LogP contribution < -0.4 is 0 Å². The molecule has 0 saturated carbocycles. The number of nitrogens with zero attached hydrogens (tertiary/aromatic N) is 1. The van der Waals surface area contributed by atoms with Gasteiger partial charge in [-0.2, -0.15) is 4.31 Å². The van der Waals surface area contributed by atoms with Crippen LogP contribution in [0.1, 0.15) is 20.8 Å². The van der Waals surface area contributed by atoms with Gasteiger partial charge < -0.3 is 5.11 Å². The van der Waals surface area contributed by atoms with E-state index in [0.29, 0.717) is 0 Å². The third kappa shape index (κ3) is 1.62. The molecule has 72 valence electrons. The summed E-state index contributed by atoms with van der Waals surface area (Å²) in [5.74, 6) is 0. The zero-order valence-electron chi connectivity index (χ0n) is 7.61. The van der Waals surface area contributed by atoms with E-state index in [0.717, 1.165) is 0 Å². The number of rotatable bonds is 2. The van der Waals surface area contributed by atoms with Crippen molar-refractivity contribution in [2.75, 3.05) is 13.1 Å². The van der Waals surface area contributed by atoms with Gasteiger partial charge in [-0.3, -0.25) is 0 Å². The van der Waals surface area contributed by atoms with E-state index < -0.39 is 20.9 Å². The number of aliphatic hydroxyl groups is 1. The van der Waals surface area contributed by atoms with Crippen LogP contribution in [0.15, 0.2) is 0 Å². The van der Waals surface area contributed by atoms with Gasteiger partial charge >= 0.3 is 0 Å². The van der Waals surface area contributed by atoms with Gasteiger partial charge in [0.25, 0.3) is 0 Å². The minimum absolute atomic E-state index is 0.230. The van der Waals surface area contributed by atoms with Crippen LogP contribution in [0, 0.1) is 0 Å². The molecule has 1 N–H and O–H groups in total. The summed E-state index contributed by atoms with van der Waals surface area (Å²) < 4.78 is 24.1. The van der Waals surface area contributed by atoms with Crippen molar-refractivity contribution in [2.45, 2.75) is 31.6 Å². The van der Waals surface area contributed by atoms with Crippen molar-refractivity contribution in [1.29, 1.82) is 0 Å². The van der Waals surface area contributed by atoms with Crippen LogP contribution in [0.25, 0.3) is 0 Å². The van der Waals surface area contributed by atoms with Crippen molar-refractivity contribution in [1.82, 2.24) is 4.31 Å². The third-order valence-electron chi connectivity index (χ3n) is 1.99. The second kappa shape index (κ2) is 2.68. The summed E-state index contributed by atoms with van der Waals surface area (Å²) in [5.41, 5.74) is -0.817. The number of sulfonamides is 1. The van der Waals surface area contributed by atoms with Gasteiger partial charge in [0.1, 0.15) is 0 Å². The molecule has 0 aromatic heterocycles. The van der Waals surface area contributed by atoms with Crippen LogP contribution in [-0.4, -0.2) is 41.8 Å². The standard InChI is InChI=1S/C7H15NO3S/c1-6(2)12(10,11)8-4-7(3,9)5-8/h6,9H,4-5H2,1-3H3. The van der Waals surface area contributed by atoms with E-state index in [4.69, 9.17) is 0 Å². The van der Waals surface area contributed by atoms with E-state index in [1.165, 1.54) is 4.31 Å². The lowest BCUT2D eigenvalue weighted by atomic mass is 10.0. The molecule has 5 heteroatoms. The Hall–Kier alpha value is -0.130. The van der Waals surface area contributed by atoms with Crippen LogP contribution >= 0.6 is 0 Å². The first kappa shape index (κ1) is 9.95. The summed E-state index contributed by atoms with van der Waals surface area (Å²) in [4.78, 5) is 0. The molecule has 0 aromatic rings. The summed E-state index contributed by atoms with van der Waals surface area (Å²) in [7, 11) is -3.14. The van der Waals surface area contributed by atoms with Crippen molar-refractivity contribution >= 4 is 10.0 Å². The smallest absolute Gasteiger partial charge is 0.216 e. The van der Waals surface area contributed by atoms with Gasteiger partial charge in [0.15, 0.2) is 0 Å². The second-order valence-electron chi connectivity index (χ2n) is 3.86. The van der Waals surface area contributed by atoms with Crippen molar-refractivity contribution in [2.24, 2.45) is 0 Å². The normalized spacial score (nSPS) is 24.1. The van der Waals surface area contributed by atoms with Crippen molar-refractivity contribution < 1.29 is 13.5 Å². The average molecular weight is 193 g/mol. The average Bonchev–Trinajstić information content (AvgIpc) is 1.82. The van der Waals surface area contributed by atoms with Gasteiger partial charge in [-0.1, -0.05) is 0 Å². The Morgan fingerprint density at radius 3 is 2.08 bits per heavy atom. The molecule has 0 unspecified atom stereocenters. The fourth-order valence-corrected chi connectivity index (χ4v) is 2.70. The van der Waals surface area contributed by atoms with Gasteiger partial charge in [-0.15, -0.1) is 0 Å². The highest BCUT2D eigenvalue weighted by Crippen LogP contribution is 2.24. The molecule has 0 bridgehead atoms. The molecule has 1 aliphatic heterocycles. The lowest BCUT2D eigenvalue weighted by molar-refractivity contribution is -0.0429. The summed E-state index contributed by atoms with van der Waals surface area (Å²) >= 11 is 0. The maximum Gasteiger partial charge on any atom is 0.216 e. The molecular formula is C7H15NO3S. The Labute approximate surface area is 73.2 Å². The maximum absolute atomic E-state index is 11.4. The van der Waals surface area contributed by atoms with Crippen molar-refractivity contribution in [3.63, 3.8) is 0 Å². The molecule has 1 saturated heterocycles. The number of β-amino-alcohol motifs (C(OH)–C–C–N with tert-alkyl or cyclic N) is 1. The summed E-state index contributed by atoms with van der Waals surface area (Å²) in [6.45, 7) is 5.38. The van der Waals surface area contributed by atoms with Gasteiger partial charge in [-0.05, 0) is 20.8 Å². The molecule has 0 aromatic carbocycles. The van der Waals surface area contributed by atoms with E-state index >= 15 is 0 Å². The Morgan fingerprint density at radius 1 is 1.42 bits per heavy atom. The van der Waals surface area contributed by atoms with Crippen LogP contribution in [0.5, 0.6) is 0 Å². The molecule has 4 nitrogen and oxygen atoms in total. The van der Waals surface area contributed by atoms with E-state index in [1.807, 2.05) is 0 Å². The van der Waals surface area contributed by atoms with Crippen molar-refractivity contribution in [3.8, 4) is 0 Å². The maximum atomic E-state index is 11.4. The highest BCUT2D eigenvalue weighted by Gasteiger charge is 2.44. The first-order valence-electron chi connectivity index (χ1n) is 3.97. The predicted molar refractivity (Wildman–Crippen MR) is 46.3 cm³/mol. The Kier molecular flexibility index (Phi) is 2.22. The van der Waals surface area contributed by atoms with E-state index in [-0.39, 0.29) is 13.1 Å². The highest BCUT2D eigenvalue weighted by atomic mass is 32.2. The first-order valence-corrected chi connectivity index (χ1v) is 5.47.